The fourth-order valence-corrected chi connectivity index (χ4v) is 4.89. The zero-order valence-electron chi connectivity index (χ0n) is 12.1. The van der Waals surface area contributed by atoms with Crippen molar-refractivity contribution in [1.29, 1.82) is 0 Å². The number of rotatable bonds is 3. The maximum absolute atomic E-state index is 3.60. The number of nitrogens with zero attached hydrogens (tertiary/aromatic N) is 1. The molecular weight excluding hydrogens is 220 g/mol. The molecule has 0 aromatic heterocycles. The quantitative estimate of drug-likeness (QED) is 0.827. The van der Waals surface area contributed by atoms with Crippen molar-refractivity contribution in [3.8, 4) is 0 Å². The third-order valence-corrected chi connectivity index (χ3v) is 5.98. The van der Waals surface area contributed by atoms with Gasteiger partial charge in [-0.15, -0.1) is 0 Å². The van der Waals surface area contributed by atoms with Crippen LogP contribution in [0.5, 0.6) is 0 Å². The Morgan fingerprint density at radius 3 is 2.44 bits per heavy atom. The van der Waals surface area contributed by atoms with Crippen LogP contribution in [0.1, 0.15) is 64.7 Å². The van der Waals surface area contributed by atoms with Gasteiger partial charge in [0.05, 0.1) is 0 Å². The van der Waals surface area contributed by atoms with Gasteiger partial charge in [-0.05, 0) is 57.0 Å². The van der Waals surface area contributed by atoms with Gasteiger partial charge in [0, 0.05) is 18.6 Å². The Balaban J connectivity index is 1.67. The monoisotopic (exact) mass is 250 g/mol. The van der Waals surface area contributed by atoms with Gasteiger partial charge in [-0.2, -0.15) is 0 Å². The van der Waals surface area contributed by atoms with Crippen LogP contribution in [0.2, 0.25) is 0 Å². The molecule has 0 amide bonds. The van der Waals surface area contributed by atoms with Crippen molar-refractivity contribution >= 4 is 0 Å². The highest BCUT2D eigenvalue weighted by Gasteiger charge is 2.50. The molecule has 2 aliphatic carbocycles. The first-order valence-electron chi connectivity index (χ1n) is 8.32. The predicted molar refractivity (Wildman–Crippen MR) is 76.8 cm³/mol. The van der Waals surface area contributed by atoms with Crippen LogP contribution in [0.3, 0.4) is 0 Å². The molecule has 2 saturated carbocycles. The molecule has 2 nitrogen and oxygen atoms in total. The SMILES string of the molecule is CCN(C1CCCNC1)C1CCC12CCCCC2. The van der Waals surface area contributed by atoms with Gasteiger partial charge in [-0.3, -0.25) is 4.90 Å². The lowest BCUT2D eigenvalue weighted by molar-refractivity contribution is -0.0717. The van der Waals surface area contributed by atoms with Crippen molar-refractivity contribution in [3.63, 3.8) is 0 Å². The second-order valence-electron chi connectivity index (χ2n) is 6.81. The summed E-state index contributed by atoms with van der Waals surface area (Å²) >= 11 is 0. The Morgan fingerprint density at radius 1 is 1.06 bits per heavy atom. The third-order valence-electron chi connectivity index (χ3n) is 5.98. The molecule has 1 saturated heterocycles. The minimum atomic E-state index is 0.742. The van der Waals surface area contributed by atoms with E-state index in [1.54, 1.807) is 0 Å². The molecule has 1 heterocycles. The van der Waals surface area contributed by atoms with E-state index in [0.717, 1.165) is 17.5 Å². The molecule has 1 aliphatic heterocycles. The van der Waals surface area contributed by atoms with E-state index in [-0.39, 0.29) is 0 Å². The van der Waals surface area contributed by atoms with Crippen molar-refractivity contribution < 1.29 is 0 Å². The molecule has 0 aromatic rings. The van der Waals surface area contributed by atoms with Crippen LogP contribution in [0.15, 0.2) is 0 Å². The maximum atomic E-state index is 3.60. The van der Waals surface area contributed by atoms with E-state index in [9.17, 15) is 0 Å². The lowest BCUT2D eigenvalue weighted by atomic mass is 9.56. The fourth-order valence-electron chi connectivity index (χ4n) is 4.89. The standard InChI is InChI=1S/C16H30N2/c1-2-18(14-7-6-12-17-13-14)15-8-11-16(15)9-4-3-5-10-16/h14-15,17H,2-13H2,1H3. The Labute approximate surface area is 113 Å². The van der Waals surface area contributed by atoms with Gasteiger partial charge in [-0.1, -0.05) is 26.2 Å². The molecule has 0 aromatic carbocycles. The van der Waals surface area contributed by atoms with Crippen LogP contribution < -0.4 is 5.32 Å². The highest BCUT2D eigenvalue weighted by Crippen LogP contribution is 2.54. The van der Waals surface area contributed by atoms with Gasteiger partial charge in [0.15, 0.2) is 0 Å². The summed E-state index contributed by atoms with van der Waals surface area (Å²) in [6, 6.07) is 1.75. The van der Waals surface area contributed by atoms with E-state index in [4.69, 9.17) is 0 Å². The van der Waals surface area contributed by atoms with Crippen molar-refractivity contribution in [2.75, 3.05) is 19.6 Å². The number of hydrogen-bond donors (Lipinski definition) is 1. The van der Waals surface area contributed by atoms with Gasteiger partial charge in [0.1, 0.15) is 0 Å². The second-order valence-corrected chi connectivity index (χ2v) is 6.81. The number of hydrogen-bond acceptors (Lipinski definition) is 2. The van der Waals surface area contributed by atoms with Gasteiger partial charge >= 0.3 is 0 Å². The predicted octanol–water partition coefficient (Wildman–Crippen LogP) is 3.17. The number of piperidine rings is 1. The maximum Gasteiger partial charge on any atom is 0.0224 e. The molecule has 1 spiro atoms. The van der Waals surface area contributed by atoms with Crippen molar-refractivity contribution in [3.05, 3.63) is 0 Å². The largest absolute Gasteiger partial charge is 0.315 e. The van der Waals surface area contributed by atoms with Crippen LogP contribution in [-0.2, 0) is 0 Å². The van der Waals surface area contributed by atoms with Crippen LogP contribution in [0.25, 0.3) is 0 Å². The van der Waals surface area contributed by atoms with Gasteiger partial charge in [-0.25, -0.2) is 0 Å². The van der Waals surface area contributed by atoms with Crippen molar-refractivity contribution in [2.24, 2.45) is 5.41 Å². The molecule has 3 aliphatic rings. The first-order valence-corrected chi connectivity index (χ1v) is 8.32. The molecule has 18 heavy (non-hydrogen) atoms. The molecule has 0 radical (unpaired) electrons. The molecule has 3 fully saturated rings. The molecule has 2 heteroatoms. The van der Waals surface area contributed by atoms with Crippen LogP contribution >= 0.6 is 0 Å². The zero-order valence-corrected chi connectivity index (χ0v) is 12.1. The van der Waals surface area contributed by atoms with E-state index in [1.807, 2.05) is 0 Å². The number of nitrogens with one attached hydrogen (secondary N) is 1. The summed E-state index contributed by atoms with van der Waals surface area (Å²) in [7, 11) is 0. The molecule has 1 N–H and O–H groups in total. The molecule has 104 valence electrons. The minimum absolute atomic E-state index is 0.742. The van der Waals surface area contributed by atoms with Crippen LogP contribution in [-0.4, -0.2) is 36.6 Å². The third kappa shape index (κ3) is 2.22. The van der Waals surface area contributed by atoms with Crippen molar-refractivity contribution in [1.82, 2.24) is 10.2 Å². The highest BCUT2D eigenvalue weighted by molar-refractivity contribution is 5.04. The number of likely N-dealkylation sites (N-methyl/N-ethyl adjacent to an activating group) is 1. The molecule has 0 bridgehead atoms. The van der Waals surface area contributed by atoms with E-state index in [2.05, 4.69) is 17.1 Å². The van der Waals surface area contributed by atoms with E-state index in [0.29, 0.717) is 0 Å². The Bertz CT molecular complexity index is 262. The fraction of sp³-hybridized carbons (Fsp3) is 1.00. The minimum Gasteiger partial charge on any atom is -0.315 e. The summed E-state index contributed by atoms with van der Waals surface area (Å²) in [4.78, 5) is 2.88. The Kier molecular flexibility index (Phi) is 3.95. The van der Waals surface area contributed by atoms with Crippen LogP contribution in [0.4, 0.5) is 0 Å². The average Bonchev–Trinajstić information content (AvgIpc) is 2.45. The first kappa shape index (κ1) is 12.9. The summed E-state index contributed by atoms with van der Waals surface area (Å²) in [5, 5.41) is 3.60. The summed E-state index contributed by atoms with van der Waals surface area (Å²) in [6.07, 6.45) is 13.3. The zero-order chi connectivity index (χ0) is 12.4. The highest BCUT2D eigenvalue weighted by atomic mass is 15.2. The summed E-state index contributed by atoms with van der Waals surface area (Å²) in [6.45, 7) is 6.12. The first-order chi connectivity index (χ1) is 8.86. The lowest BCUT2D eigenvalue weighted by Gasteiger charge is -2.58. The summed E-state index contributed by atoms with van der Waals surface area (Å²) < 4.78 is 0. The summed E-state index contributed by atoms with van der Waals surface area (Å²) in [5.74, 6) is 0. The molecule has 2 unspecified atom stereocenters. The van der Waals surface area contributed by atoms with Gasteiger partial charge < -0.3 is 5.32 Å². The Hall–Kier alpha value is -0.0800. The topological polar surface area (TPSA) is 15.3 Å². The van der Waals surface area contributed by atoms with Gasteiger partial charge in [0.2, 0.25) is 0 Å². The average molecular weight is 250 g/mol. The lowest BCUT2D eigenvalue weighted by Crippen LogP contribution is -2.61. The second kappa shape index (κ2) is 5.50. The van der Waals surface area contributed by atoms with Gasteiger partial charge in [0.25, 0.3) is 0 Å². The smallest absolute Gasteiger partial charge is 0.0224 e. The van der Waals surface area contributed by atoms with Crippen molar-refractivity contribution in [2.45, 2.75) is 76.8 Å². The molecule has 3 rings (SSSR count). The normalized spacial score (nSPS) is 35.7. The van der Waals surface area contributed by atoms with E-state index in [1.165, 1.54) is 77.4 Å². The van der Waals surface area contributed by atoms with Crippen LogP contribution in [0, 0.1) is 5.41 Å². The Morgan fingerprint density at radius 2 is 1.89 bits per heavy atom. The molecular formula is C16H30N2. The van der Waals surface area contributed by atoms with E-state index >= 15 is 0 Å². The van der Waals surface area contributed by atoms with E-state index < -0.39 is 0 Å². The summed E-state index contributed by atoms with van der Waals surface area (Å²) in [5.41, 5.74) is 0.742. The molecule has 2 atom stereocenters.